The van der Waals surface area contributed by atoms with Crippen molar-refractivity contribution < 1.29 is 9.53 Å². The van der Waals surface area contributed by atoms with Gasteiger partial charge in [0.25, 0.3) is 11.5 Å². The molecule has 0 bridgehead atoms. The van der Waals surface area contributed by atoms with Gasteiger partial charge in [0.1, 0.15) is 4.83 Å². The van der Waals surface area contributed by atoms with E-state index in [-0.39, 0.29) is 17.9 Å². The second-order valence-electron chi connectivity index (χ2n) is 7.96. The second-order valence-corrected chi connectivity index (χ2v) is 9.26. The van der Waals surface area contributed by atoms with Crippen LogP contribution >= 0.6 is 22.9 Å². The molecule has 0 saturated heterocycles. The number of hydrogen-bond donors (Lipinski definition) is 3. The molecular weight excluding hydrogens is 436 g/mol. The number of nitrogens with one attached hydrogen (secondary N) is 2. The Hall–Kier alpha value is -2.26. The van der Waals surface area contributed by atoms with Crippen LogP contribution in [0.25, 0.3) is 10.2 Å². The van der Waals surface area contributed by atoms with Gasteiger partial charge in [-0.3, -0.25) is 9.59 Å². The molecule has 1 aliphatic rings. The van der Waals surface area contributed by atoms with E-state index in [4.69, 9.17) is 22.1 Å². The number of carbonyl (C=O) groups is 1. The van der Waals surface area contributed by atoms with Gasteiger partial charge in [0.05, 0.1) is 12.0 Å². The third-order valence-electron chi connectivity index (χ3n) is 5.58. The van der Waals surface area contributed by atoms with Gasteiger partial charge in [-0.15, -0.1) is 11.3 Å². The van der Waals surface area contributed by atoms with Gasteiger partial charge < -0.3 is 20.8 Å². The van der Waals surface area contributed by atoms with Crippen LogP contribution in [0.15, 0.2) is 34.4 Å². The molecular formula is C22H25ClN4O3S. The molecule has 0 radical (unpaired) electrons. The highest BCUT2D eigenvalue weighted by atomic mass is 35.5. The minimum atomic E-state index is -0.444. The highest BCUT2D eigenvalue weighted by Gasteiger charge is 2.19. The van der Waals surface area contributed by atoms with E-state index in [9.17, 15) is 9.59 Å². The number of fused-ring (bicyclic) bond motifs is 1. The molecule has 1 fully saturated rings. The van der Waals surface area contributed by atoms with Crippen molar-refractivity contribution in [1.82, 2.24) is 15.3 Å². The van der Waals surface area contributed by atoms with E-state index in [1.54, 1.807) is 12.1 Å². The van der Waals surface area contributed by atoms with Gasteiger partial charge in [0.15, 0.2) is 0 Å². The van der Waals surface area contributed by atoms with Crippen LogP contribution in [0.5, 0.6) is 0 Å². The van der Waals surface area contributed by atoms with E-state index < -0.39 is 5.91 Å². The number of aromatic amines is 1. The minimum absolute atomic E-state index is 0.00705. The zero-order valence-corrected chi connectivity index (χ0v) is 18.6. The zero-order valence-electron chi connectivity index (χ0n) is 17.0. The molecule has 9 heteroatoms. The smallest absolute Gasteiger partial charge is 0.287 e. The molecule has 0 unspecified atom stereocenters. The number of nitrogens with zero attached hydrogens (tertiary/aromatic N) is 1. The number of hydrogen-bond acceptors (Lipinski definition) is 6. The van der Waals surface area contributed by atoms with Crippen molar-refractivity contribution in [1.29, 1.82) is 0 Å². The fourth-order valence-corrected chi connectivity index (χ4v) is 4.96. The number of amides is 1. The molecule has 7 nitrogen and oxygen atoms in total. The molecule has 1 amide bonds. The van der Waals surface area contributed by atoms with E-state index in [1.807, 2.05) is 17.5 Å². The minimum Gasteiger partial charge on any atom is -0.376 e. The lowest BCUT2D eigenvalue weighted by Crippen LogP contribution is -2.28. The van der Waals surface area contributed by atoms with Crippen LogP contribution in [0.3, 0.4) is 0 Å². The summed E-state index contributed by atoms with van der Waals surface area (Å²) in [6.45, 7) is 1.31. The van der Waals surface area contributed by atoms with Gasteiger partial charge >= 0.3 is 0 Å². The summed E-state index contributed by atoms with van der Waals surface area (Å²) in [4.78, 5) is 32.6. The third-order valence-corrected chi connectivity index (χ3v) is 6.74. The van der Waals surface area contributed by atoms with Crippen LogP contribution in [-0.2, 0) is 17.9 Å². The van der Waals surface area contributed by atoms with Crippen molar-refractivity contribution in [3.05, 3.63) is 62.0 Å². The Labute approximate surface area is 189 Å². The summed E-state index contributed by atoms with van der Waals surface area (Å²) < 4.78 is 5.89. The third kappa shape index (κ3) is 5.51. The number of carbonyl (C=O) groups excluding carboxylic acids is 1. The maximum absolute atomic E-state index is 12.6. The van der Waals surface area contributed by atoms with Crippen molar-refractivity contribution >= 4 is 39.1 Å². The summed E-state index contributed by atoms with van der Waals surface area (Å²) in [5, 5.41) is 5.71. The van der Waals surface area contributed by atoms with Crippen LogP contribution in [0.2, 0.25) is 5.02 Å². The Morgan fingerprint density at radius 2 is 2.13 bits per heavy atom. The number of ether oxygens (including phenoxy) is 1. The summed E-state index contributed by atoms with van der Waals surface area (Å²) in [5.41, 5.74) is 7.28. The monoisotopic (exact) mass is 460 g/mol. The average Bonchev–Trinajstić information content (AvgIpc) is 3.17. The number of thiophene rings is 1. The standard InChI is InChI=1S/C22H25ClN4O3S/c23-16-3-1-2-14(8-16)9-25-21(29)19-26-20(28)18-15(12-31-22(18)27-19)11-30-10-13-4-6-17(24)7-5-13/h1-3,8,12-13,17H,4-7,9-11,24H2,(H,25,29)(H,26,27,28). The highest BCUT2D eigenvalue weighted by molar-refractivity contribution is 7.16. The Morgan fingerprint density at radius 1 is 1.32 bits per heavy atom. The number of H-pyrrole nitrogens is 1. The SMILES string of the molecule is NC1CCC(COCc2csc3nc(C(=O)NCc4cccc(Cl)c4)[nH]c(=O)c23)CC1. The molecule has 1 aliphatic carbocycles. The van der Waals surface area contributed by atoms with Gasteiger partial charge in [-0.25, -0.2) is 4.98 Å². The van der Waals surface area contributed by atoms with Crippen LogP contribution in [0.4, 0.5) is 0 Å². The molecule has 0 atom stereocenters. The largest absolute Gasteiger partial charge is 0.376 e. The Kier molecular flexibility index (Phi) is 7.02. The number of halogens is 1. The second kappa shape index (κ2) is 9.91. The van der Waals surface area contributed by atoms with Crippen molar-refractivity contribution in [2.45, 2.75) is 44.9 Å². The Bertz CT molecular complexity index is 1120. The number of rotatable bonds is 7. The molecule has 1 aromatic carbocycles. The molecule has 2 aromatic heterocycles. The first kappa shape index (κ1) is 22.0. The van der Waals surface area contributed by atoms with Crippen LogP contribution < -0.4 is 16.6 Å². The van der Waals surface area contributed by atoms with E-state index in [1.165, 1.54) is 11.3 Å². The molecule has 0 aliphatic heterocycles. The number of nitrogens with two attached hydrogens (primary N) is 1. The predicted octanol–water partition coefficient (Wildman–Crippen LogP) is 3.60. The van der Waals surface area contributed by atoms with E-state index >= 15 is 0 Å². The summed E-state index contributed by atoms with van der Waals surface area (Å²) >= 11 is 7.30. The van der Waals surface area contributed by atoms with Crippen molar-refractivity contribution in [2.24, 2.45) is 11.7 Å². The lowest BCUT2D eigenvalue weighted by atomic mass is 9.87. The first-order valence-electron chi connectivity index (χ1n) is 10.4. The highest BCUT2D eigenvalue weighted by Crippen LogP contribution is 2.25. The van der Waals surface area contributed by atoms with E-state index in [0.29, 0.717) is 40.4 Å². The van der Waals surface area contributed by atoms with Gasteiger partial charge in [0.2, 0.25) is 5.82 Å². The number of benzene rings is 1. The summed E-state index contributed by atoms with van der Waals surface area (Å²) in [6.07, 6.45) is 4.25. The summed E-state index contributed by atoms with van der Waals surface area (Å²) in [5.74, 6) is 0.0731. The first-order chi connectivity index (χ1) is 15.0. The molecule has 2 heterocycles. The molecule has 4 N–H and O–H groups in total. The van der Waals surface area contributed by atoms with Gasteiger partial charge in [-0.05, 0) is 54.7 Å². The van der Waals surface area contributed by atoms with Crippen LogP contribution in [-0.4, -0.2) is 28.5 Å². The Balaban J connectivity index is 1.39. The summed E-state index contributed by atoms with van der Waals surface area (Å²) in [6, 6.07) is 7.53. The fourth-order valence-electron chi connectivity index (χ4n) is 3.82. The molecule has 31 heavy (non-hydrogen) atoms. The molecule has 4 rings (SSSR count). The van der Waals surface area contributed by atoms with Crippen molar-refractivity contribution in [3.8, 4) is 0 Å². The molecule has 0 spiro atoms. The van der Waals surface area contributed by atoms with Crippen molar-refractivity contribution in [3.63, 3.8) is 0 Å². The molecule has 3 aromatic rings. The number of aromatic nitrogens is 2. The predicted molar refractivity (Wildman–Crippen MR) is 122 cm³/mol. The lowest BCUT2D eigenvalue weighted by molar-refractivity contribution is 0.0726. The van der Waals surface area contributed by atoms with Gasteiger partial charge in [-0.2, -0.15) is 0 Å². The first-order valence-corrected chi connectivity index (χ1v) is 11.6. The lowest BCUT2D eigenvalue weighted by Gasteiger charge is -2.25. The van der Waals surface area contributed by atoms with E-state index in [0.717, 1.165) is 36.8 Å². The Morgan fingerprint density at radius 3 is 2.90 bits per heavy atom. The average molecular weight is 461 g/mol. The van der Waals surface area contributed by atoms with E-state index in [2.05, 4.69) is 15.3 Å². The maximum atomic E-state index is 12.6. The van der Waals surface area contributed by atoms with Crippen LogP contribution in [0.1, 0.15) is 47.4 Å². The fraction of sp³-hybridized carbons (Fsp3) is 0.409. The quantitative estimate of drug-likeness (QED) is 0.499. The zero-order chi connectivity index (χ0) is 21.8. The normalized spacial score (nSPS) is 18.9. The maximum Gasteiger partial charge on any atom is 0.287 e. The van der Waals surface area contributed by atoms with Crippen LogP contribution in [0, 0.1) is 5.92 Å². The molecule has 1 saturated carbocycles. The molecule has 164 valence electrons. The topological polar surface area (TPSA) is 110 Å². The van der Waals surface area contributed by atoms with Gasteiger partial charge in [0, 0.05) is 29.8 Å². The van der Waals surface area contributed by atoms with Crippen molar-refractivity contribution in [2.75, 3.05) is 6.61 Å². The summed E-state index contributed by atoms with van der Waals surface area (Å²) in [7, 11) is 0. The van der Waals surface area contributed by atoms with Gasteiger partial charge in [-0.1, -0.05) is 23.7 Å².